The highest BCUT2D eigenvalue weighted by molar-refractivity contribution is 7.53. The molecule has 0 saturated carbocycles. The van der Waals surface area contributed by atoms with Crippen molar-refractivity contribution in [3.63, 3.8) is 0 Å². The molecule has 0 aromatic heterocycles. The van der Waals surface area contributed by atoms with Crippen LogP contribution in [0.3, 0.4) is 0 Å². The van der Waals surface area contributed by atoms with Crippen LogP contribution in [0.15, 0.2) is 65.3 Å². The molecule has 1 rings (SSSR count). The second-order valence-electron chi connectivity index (χ2n) is 8.89. The maximum absolute atomic E-state index is 12.6. The summed E-state index contributed by atoms with van der Waals surface area (Å²) < 4.78 is 12.0. The van der Waals surface area contributed by atoms with Gasteiger partial charge in [-0.2, -0.15) is 0 Å². The minimum Gasteiger partial charge on any atom is -0.480 e. The molecule has 1 amide bonds. The summed E-state index contributed by atoms with van der Waals surface area (Å²) in [6, 6.07) is 7.47. The molecule has 0 spiro atoms. The molecule has 0 saturated heterocycles. The predicted molar refractivity (Wildman–Crippen MR) is 136 cm³/mol. The summed E-state index contributed by atoms with van der Waals surface area (Å²) in [5, 5.41) is 11.8. The molecule has 1 aromatic carbocycles. The molecule has 188 valence electrons. The van der Waals surface area contributed by atoms with Gasteiger partial charge in [0.2, 0.25) is 5.91 Å². The van der Waals surface area contributed by atoms with Crippen LogP contribution in [0.25, 0.3) is 0 Å². The minimum atomic E-state index is -4.79. The fraction of sp³-hybridized carbons (Fsp3) is 0.462. The number of benzene rings is 1. The highest BCUT2D eigenvalue weighted by Gasteiger charge is 2.36. The molecule has 1 aromatic rings. The van der Waals surface area contributed by atoms with Crippen LogP contribution < -0.4 is 5.32 Å². The third-order valence-corrected chi connectivity index (χ3v) is 6.68. The number of aliphatic carboxylic acids is 1. The Kier molecular flexibility index (Phi) is 12.8. The highest BCUT2D eigenvalue weighted by Crippen LogP contribution is 2.43. The van der Waals surface area contributed by atoms with Gasteiger partial charge in [-0.05, 0) is 65.4 Å². The fourth-order valence-corrected chi connectivity index (χ4v) is 4.13. The molecule has 0 aliphatic carbocycles. The van der Waals surface area contributed by atoms with Crippen LogP contribution in [0.4, 0.5) is 0 Å². The van der Waals surface area contributed by atoms with Crippen LogP contribution in [0.5, 0.6) is 0 Å². The van der Waals surface area contributed by atoms with Gasteiger partial charge in [-0.25, -0.2) is 4.79 Å². The Morgan fingerprint density at radius 3 is 2.03 bits per heavy atom. The molecule has 4 N–H and O–H groups in total. The molecule has 0 aliphatic rings. The van der Waals surface area contributed by atoms with Gasteiger partial charge in [0.1, 0.15) is 11.7 Å². The Labute approximate surface area is 202 Å². The van der Waals surface area contributed by atoms with Gasteiger partial charge in [-0.3, -0.25) is 9.36 Å². The number of rotatable bonds is 14. The summed E-state index contributed by atoms with van der Waals surface area (Å²) >= 11 is 0. The zero-order valence-electron chi connectivity index (χ0n) is 20.5. The van der Waals surface area contributed by atoms with Crippen LogP contribution in [-0.2, 0) is 20.6 Å². The van der Waals surface area contributed by atoms with E-state index in [1.807, 2.05) is 6.92 Å². The van der Waals surface area contributed by atoms with Gasteiger partial charge in [-0.15, -0.1) is 0 Å². The fourth-order valence-electron chi connectivity index (χ4n) is 3.37. The van der Waals surface area contributed by atoms with Crippen molar-refractivity contribution in [1.82, 2.24) is 5.32 Å². The van der Waals surface area contributed by atoms with Crippen molar-refractivity contribution in [2.24, 2.45) is 0 Å². The number of amides is 1. The topological polar surface area (TPSA) is 124 Å². The lowest BCUT2D eigenvalue weighted by Crippen LogP contribution is -2.46. The number of carboxylic acid groups (broad SMARTS) is 1. The third-order valence-electron chi connectivity index (χ3n) is 5.42. The van der Waals surface area contributed by atoms with E-state index >= 15 is 0 Å². The molecular weight excluding hydrogens is 453 g/mol. The van der Waals surface area contributed by atoms with Crippen molar-refractivity contribution in [1.29, 1.82) is 0 Å². The van der Waals surface area contributed by atoms with E-state index in [9.17, 15) is 29.0 Å². The zero-order valence-corrected chi connectivity index (χ0v) is 21.4. The molecular formula is C26H38NO6P. The van der Waals surface area contributed by atoms with Crippen LogP contribution in [-0.4, -0.2) is 38.5 Å². The summed E-state index contributed by atoms with van der Waals surface area (Å²) in [6.45, 7) is 8.09. The first-order chi connectivity index (χ1) is 15.9. The molecule has 0 radical (unpaired) electrons. The largest absolute Gasteiger partial charge is 0.480 e. The van der Waals surface area contributed by atoms with E-state index in [-0.39, 0.29) is 12.8 Å². The second-order valence-corrected chi connectivity index (χ2v) is 10.7. The lowest BCUT2D eigenvalue weighted by Gasteiger charge is -2.20. The van der Waals surface area contributed by atoms with Gasteiger partial charge in [0.25, 0.3) is 0 Å². The summed E-state index contributed by atoms with van der Waals surface area (Å²) in [4.78, 5) is 43.7. The number of carbonyl (C=O) groups is 2. The van der Waals surface area contributed by atoms with E-state index in [4.69, 9.17) is 0 Å². The molecule has 1 unspecified atom stereocenters. The van der Waals surface area contributed by atoms with E-state index in [1.54, 1.807) is 36.4 Å². The summed E-state index contributed by atoms with van der Waals surface area (Å²) in [6.07, 6.45) is 9.36. The van der Waals surface area contributed by atoms with Crippen molar-refractivity contribution in [3.8, 4) is 0 Å². The Hall–Kier alpha value is -2.47. The minimum absolute atomic E-state index is 0.0178. The van der Waals surface area contributed by atoms with Gasteiger partial charge in [0, 0.05) is 6.42 Å². The van der Waals surface area contributed by atoms with E-state index in [0.717, 1.165) is 24.8 Å². The molecule has 2 atom stereocenters. The number of carboxylic acids is 1. The molecule has 0 bridgehead atoms. The first-order valence-corrected chi connectivity index (χ1v) is 13.1. The van der Waals surface area contributed by atoms with Gasteiger partial charge >= 0.3 is 13.6 Å². The van der Waals surface area contributed by atoms with Crippen LogP contribution in [0.2, 0.25) is 0 Å². The first-order valence-electron chi connectivity index (χ1n) is 11.5. The van der Waals surface area contributed by atoms with Crippen molar-refractivity contribution >= 4 is 19.5 Å². The van der Waals surface area contributed by atoms with E-state index in [0.29, 0.717) is 12.0 Å². The SMILES string of the molecule is CC(C)=CCC/C(C)=C/CC/C(C)=C/CC(C(=O)N[C@H](Cc1ccccc1)C(=O)O)P(=O)(O)O. The summed E-state index contributed by atoms with van der Waals surface area (Å²) in [5.74, 6) is -2.23. The molecule has 0 heterocycles. The Morgan fingerprint density at radius 2 is 1.50 bits per heavy atom. The standard InChI is InChI=1S/C26H38NO6P/c1-19(2)10-8-11-20(3)12-9-13-21(4)16-17-24(34(31,32)33)25(28)27-23(26(29)30)18-22-14-6-5-7-15-22/h5-7,10,12,14-16,23-24H,8-9,11,13,17-18H2,1-4H3,(H,27,28)(H,29,30)(H2,31,32,33)/b20-12+,21-16+/t23-,24?/m1/s1. The molecule has 0 aliphatic heterocycles. The summed E-state index contributed by atoms with van der Waals surface area (Å²) in [5.41, 5.74) is 2.56. The lowest BCUT2D eigenvalue weighted by molar-refractivity contribution is -0.141. The lowest BCUT2D eigenvalue weighted by atomic mass is 10.0. The number of hydrogen-bond donors (Lipinski definition) is 4. The maximum atomic E-state index is 12.6. The molecule has 0 fully saturated rings. The van der Waals surface area contributed by atoms with E-state index in [2.05, 4.69) is 38.2 Å². The third kappa shape index (κ3) is 12.1. The zero-order chi connectivity index (χ0) is 25.7. The number of allylic oxidation sites excluding steroid dienone is 6. The van der Waals surface area contributed by atoms with Crippen LogP contribution in [0, 0.1) is 0 Å². The van der Waals surface area contributed by atoms with Gasteiger partial charge < -0.3 is 20.2 Å². The molecule has 8 heteroatoms. The van der Waals surface area contributed by atoms with Gasteiger partial charge in [0.15, 0.2) is 0 Å². The van der Waals surface area contributed by atoms with Crippen LogP contribution in [0.1, 0.15) is 65.4 Å². The van der Waals surface area contributed by atoms with Gasteiger partial charge in [0.05, 0.1) is 0 Å². The highest BCUT2D eigenvalue weighted by atomic mass is 31.2. The monoisotopic (exact) mass is 491 g/mol. The molecule has 34 heavy (non-hydrogen) atoms. The number of hydrogen-bond acceptors (Lipinski definition) is 3. The van der Waals surface area contributed by atoms with Crippen molar-refractivity contribution in [2.45, 2.75) is 77.9 Å². The van der Waals surface area contributed by atoms with Gasteiger partial charge in [-0.1, -0.05) is 65.3 Å². The number of carbonyl (C=O) groups excluding carboxylic acids is 1. The average Bonchev–Trinajstić information content (AvgIpc) is 2.72. The molecule has 7 nitrogen and oxygen atoms in total. The Bertz CT molecular complexity index is 941. The number of nitrogens with one attached hydrogen (secondary N) is 1. The first kappa shape index (κ1) is 29.6. The van der Waals surface area contributed by atoms with Crippen molar-refractivity contribution < 1.29 is 29.0 Å². The average molecular weight is 492 g/mol. The van der Waals surface area contributed by atoms with E-state index < -0.39 is 31.2 Å². The predicted octanol–water partition coefficient (Wildman–Crippen LogP) is 5.15. The Balaban J connectivity index is 2.74. The maximum Gasteiger partial charge on any atom is 0.338 e. The normalized spacial score (nSPS) is 14.3. The quantitative estimate of drug-likeness (QED) is 0.211. The van der Waals surface area contributed by atoms with Crippen molar-refractivity contribution in [3.05, 3.63) is 70.8 Å². The second kappa shape index (κ2) is 14.7. The van der Waals surface area contributed by atoms with E-state index in [1.165, 1.54) is 11.1 Å². The van der Waals surface area contributed by atoms with Crippen LogP contribution >= 0.6 is 7.60 Å². The van der Waals surface area contributed by atoms with Crippen molar-refractivity contribution in [2.75, 3.05) is 0 Å². The Morgan fingerprint density at radius 1 is 0.941 bits per heavy atom. The summed E-state index contributed by atoms with van der Waals surface area (Å²) in [7, 11) is -4.79. The smallest absolute Gasteiger partial charge is 0.338 e.